The lowest BCUT2D eigenvalue weighted by atomic mass is 10.1. The second kappa shape index (κ2) is 4.82. The van der Waals surface area contributed by atoms with Crippen molar-refractivity contribution >= 4 is 38.9 Å². The SMILES string of the molecule is Fc1ccc(C(Cl)c2sccc2Br)cc1F. The van der Waals surface area contributed by atoms with Gasteiger partial charge in [-0.25, -0.2) is 8.78 Å². The Kier molecular flexibility index (Phi) is 3.62. The molecule has 0 aliphatic rings. The van der Waals surface area contributed by atoms with E-state index < -0.39 is 17.0 Å². The number of benzene rings is 1. The minimum Gasteiger partial charge on any atom is -0.204 e. The molecule has 0 spiro atoms. The van der Waals surface area contributed by atoms with Crippen LogP contribution in [0.4, 0.5) is 8.78 Å². The number of hydrogen-bond donors (Lipinski definition) is 0. The summed E-state index contributed by atoms with van der Waals surface area (Å²) in [5.74, 6) is -1.74. The average Bonchev–Trinajstić information content (AvgIpc) is 2.67. The fourth-order valence-electron chi connectivity index (χ4n) is 1.31. The van der Waals surface area contributed by atoms with Crippen LogP contribution in [0.15, 0.2) is 34.1 Å². The summed E-state index contributed by atoms with van der Waals surface area (Å²) >= 11 is 11.0. The van der Waals surface area contributed by atoms with Crippen LogP contribution < -0.4 is 0 Å². The van der Waals surface area contributed by atoms with Crippen molar-refractivity contribution < 1.29 is 8.78 Å². The zero-order chi connectivity index (χ0) is 11.7. The van der Waals surface area contributed by atoms with Crippen LogP contribution in [0.3, 0.4) is 0 Å². The Bertz CT molecular complexity index is 512. The van der Waals surface area contributed by atoms with Gasteiger partial charge in [0, 0.05) is 9.35 Å². The first-order valence-corrected chi connectivity index (χ1v) is 6.52. The maximum absolute atomic E-state index is 13.0. The second-order valence-electron chi connectivity index (χ2n) is 3.17. The molecule has 2 rings (SSSR count). The van der Waals surface area contributed by atoms with Gasteiger partial charge in [-0.1, -0.05) is 6.07 Å². The van der Waals surface area contributed by atoms with Crippen LogP contribution in [0.2, 0.25) is 0 Å². The Morgan fingerprint density at radius 2 is 1.94 bits per heavy atom. The normalized spacial score (nSPS) is 12.8. The molecule has 1 heterocycles. The zero-order valence-corrected chi connectivity index (χ0v) is 11.0. The van der Waals surface area contributed by atoms with E-state index in [0.717, 1.165) is 21.5 Å². The molecule has 0 radical (unpaired) electrons. The molecule has 0 aliphatic heterocycles. The molecule has 1 aromatic carbocycles. The Labute approximate surface area is 109 Å². The molecule has 0 amide bonds. The monoisotopic (exact) mass is 322 g/mol. The molecule has 5 heteroatoms. The molecule has 0 saturated heterocycles. The maximum Gasteiger partial charge on any atom is 0.159 e. The Morgan fingerprint density at radius 1 is 1.19 bits per heavy atom. The van der Waals surface area contributed by atoms with E-state index in [1.54, 1.807) is 0 Å². The topological polar surface area (TPSA) is 0 Å². The third kappa shape index (κ3) is 2.29. The van der Waals surface area contributed by atoms with Crippen molar-refractivity contribution in [2.24, 2.45) is 0 Å². The Morgan fingerprint density at radius 3 is 2.50 bits per heavy atom. The van der Waals surface area contributed by atoms with E-state index in [1.165, 1.54) is 17.4 Å². The largest absolute Gasteiger partial charge is 0.204 e. The lowest BCUT2D eigenvalue weighted by Crippen LogP contribution is -1.94. The molecule has 1 aromatic heterocycles. The third-order valence-corrected chi connectivity index (χ3v) is 4.65. The lowest BCUT2D eigenvalue weighted by molar-refractivity contribution is 0.507. The van der Waals surface area contributed by atoms with E-state index in [9.17, 15) is 8.78 Å². The molecule has 2 aromatic rings. The fraction of sp³-hybridized carbons (Fsp3) is 0.0909. The van der Waals surface area contributed by atoms with Crippen LogP contribution in [0.1, 0.15) is 15.8 Å². The fourth-order valence-corrected chi connectivity index (χ4v) is 3.45. The van der Waals surface area contributed by atoms with E-state index in [-0.39, 0.29) is 0 Å². The predicted octanol–water partition coefficient (Wildman–Crippen LogP) is 5.12. The number of hydrogen-bond acceptors (Lipinski definition) is 1. The van der Waals surface area contributed by atoms with Crippen molar-refractivity contribution in [2.75, 3.05) is 0 Å². The number of alkyl halides is 1. The van der Waals surface area contributed by atoms with Gasteiger partial charge in [0.1, 0.15) is 0 Å². The highest BCUT2D eigenvalue weighted by Gasteiger charge is 2.16. The zero-order valence-electron chi connectivity index (χ0n) is 7.88. The van der Waals surface area contributed by atoms with Gasteiger partial charge in [-0.05, 0) is 45.1 Å². The van der Waals surface area contributed by atoms with Gasteiger partial charge in [0.05, 0.1) is 5.38 Å². The maximum atomic E-state index is 13.0. The predicted molar refractivity (Wildman–Crippen MR) is 66.1 cm³/mol. The van der Waals surface area contributed by atoms with Gasteiger partial charge in [0.2, 0.25) is 0 Å². The molecule has 0 bridgehead atoms. The van der Waals surface area contributed by atoms with Crippen LogP contribution in [0.25, 0.3) is 0 Å². The standard InChI is InChI=1S/C11H6BrClF2S/c12-7-3-4-16-11(7)10(13)6-1-2-8(14)9(15)5-6/h1-5,10H. The molecule has 0 nitrogen and oxygen atoms in total. The molecular formula is C11H6BrClF2S. The van der Waals surface area contributed by atoms with E-state index >= 15 is 0 Å². The minimum absolute atomic E-state index is 0.468. The van der Waals surface area contributed by atoms with Crippen molar-refractivity contribution in [1.29, 1.82) is 0 Å². The average molecular weight is 324 g/mol. The van der Waals surface area contributed by atoms with Crippen molar-refractivity contribution in [1.82, 2.24) is 0 Å². The first kappa shape index (κ1) is 12.0. The first-order chi connectivity index (χ1) is 7.59. The highest BCUT2D eigenvalue weighted by atomic mass is 79.9. The Balaban J connectivity index is 2.38. The van der Waals surface area contributed by atoms with Gasteiger partial charge in [-0.2, -0.15) is 0 Å². The third-order valence-electron chi connectivity index (χ3n) is 2.11. The van der Waals surface area contributed by atoms with Gasteiger partial charge in [0.25, 0.3) is 0 Å². The van der Waals surface area contributed by atoms with Crippen LogP contribution in [0, 0.1) is 11.6 Å². The number of thiophene rings is 1. The van der Waals surface area contributed by atoms with Gasteiger partial charge < -0.3 is 0 Å². The summed E-state index contributed by atoms with van der Waals surface area (Å²) in [6.45, 7) is 0. The highest BCUT2D eigenvalue weighted by molar-refractivity contribution is 9.10. The van der Waals surface area contributed by atoms with Crippen molar-refractivity contribution in [2.45, 2.75) is 5.38 Å². The van der Waals surface area contributed by atoms with Gasteiger partial charge >= 0.3 is 0 Å². The molecule has 1 unspecified atom stereocenters. The summed E-state index contributed by atoms with van der Waals surface area (Å²) in [5.41, 5.74) is 0.545. The lowest BCUT2D eigenvalue weighted by Gasteiger charge is -2.08. The summed E-state index contributed by atoms with van der Waals surface area (Å²) < 4.78 is 26.7. The van der Waals surface area contributed by atoms with E-state index in [2.05, 4.69) is 15.9 Å². The van der Waals surface area contributed by atoms with Gasteiger partial charge in [-0.15, -0.1) is 22.9 Å². The molecular weight excluding hydrogens is 318 g/mol. The summed E-state index contributed by atoms with van der Waals surface area (Å²) in [4.78, 5) is 0.882. The Hall–Kier alpha value is -0.450. The van der Waals surface area contributed by atoms with E-state index in [0.29, 0.717) is 5.56 Å². The van der Waals surface area contributed by atoms with Crippen LogP contribution >= 0.6 is 38.9 Å². The van der Waals surface area contributed by atoms with Crippen LogP contribution in [-0.4, -0.2) is 0 Å². The number of rotatable bonds is 2. The summed E-state index contributed by atoms with van der Waals surface area (Å²) in [6, 6.07) is 5.57. The smallest absolute Gasteiger partial charge is 0.159 e. The number of halogens is 4. The summed E-state index contributed by atoms with van der Waals surface area (Å²) in [5, 5.41) is 1.42. The second-order valence-corrected chi connectivity index (χ2v) is 5.41. The van der Waals surface area contributed by atoms with Crippen molar-refractivity contribution in [3.05, 3.63) is 56.2 Å². The molecule has 1 atom stereocenters. The molecule has 16 heavy (non-hydrogen) atoms. The van der Waals surface area contributed by atoms with Crippen molar-refractivity contribution in [3.63, 3.8) is 0 Å². The van der Waals surface area contributed by atoms with Crippen molar-refractivity contribution in [3.8, 4) is 0 Å². The molecule has 0 aliphatic carbocycles. The van der Waals surface area contributed by atoms with E-state index in [4.69, 9.17) is 11.6 Å². The molecule has 84 valence electrons. The minimum atomic E-state index is -0.879. The van der Waals surface area contributed by atoms with Crippen LogP contribution in [0.5, 0.6) is 0 Å². The van der Waals surface area contributed by atoms with Gasteiger partial charge in [0.15, 0.2) is 11.6 Å². The summed E-state index contributed by atoms with van der Waals surface area (Å²) in [7, 11) is 0. The molecule has 0 saturated carbocycles. The molecule has 0 fully saturated rings. The van der Waals surface area contributed by atoms with E-state index in [1.807, 2.05) is 11.4 Å². The first-order valence-electron chi connectivity index (χ1n) is 4.41. The quantitative estimate of drug-likeness (QED) is 0.673. The molecule has 0 N–H and O–H groups in total. The van der Waals surface area contributed by atoms with Crippen LogP contribution in [-0.2, 0) is 0 Å². The van der Waals surface area contributed by atoms with Gasteiger partial charge in [-0.3, -0.25) is 0 Å². The summed E-state index contributed by atoms with van der Waals surface area (Å²) in [6.07, 6.45) is 0. The highest BCUT2D eigenvalue weighted by Crippen LogP contribution is 2.37.